The highest BCUT2D eigenvalue weighted by molar-refractivity contribution is 5.55. The molecule has 2 heterocycles. The number of methoxy groups -OCH3 is 4. The third kappa shape index (κ3) is 11.6. The van der Waals surface area contributed by atoms with Crippen molar-refractivity contribution in [2.24, 2.45) is 5.92 Å². The van der Waals surface area contributed by atoms with E-state index in [0.717, 1.165) is 46.3 Å². The summed E-state index contributed by atoms with van der Waals surface area (Å²) in [5.74, 6) is 3.44. The Balaban J connectivity index is 0.00000316. The third-order valence-electron chi connectivity index (χ3n) is 10.6. The lowest BCUT2D eigenvalue weighted by atomic mass is 9.86. The van der Waals surface area contributed by atoms with E-state index in [-0.39, 0.29) is 24.0 Å². The molecule has 1 unspecified atom stereocenters. The van der Waals surface area contributed by atoms with Gasteiger partial charge < -0.3 is 44.2 Å². The normalized spacial score (nSPS) is 12.6. The van der Waals surface area contributed by atoms with E-state index in [9.17, 15) is 8.78 Å². The predicted octanol–water partition coefficient (Wildman–Crippen LogP) is 9.22. The number of nitrogens with one attached hydrogen (secondary N) is 3. The maximum absolute atomic E-state index is 14.8. The van der Waals surface area contributed by atoms with Crippen molar-refractivity contribution in [3.8, 4) is 28.7 Å². The fourth-order valence-electron chi connectivity index (χ4n) is 7.06. The van der Waals surface area contributed by atoms with E-state index in [4.69, 9.17) is 33.7 Å². The van der Waals surface area contributed by atoms with Crippen LogP contribution in [0.1, 0.15) is 67.1 Å². The molecule has 1 atom stereocenters. The molecule has 13 nitrogen and oxygen atoms in total. The topological polar surface area (TPSA) is 141 Å². The van der Waals surface area contributed by atoms with Crippen LogP contribution in [0.5, 0.6) is 28.7 Å². The van der Waals surface area contributed by atoms with Gasteiger partial charge in [-0.1, -0.05) is 38.5 Å². The first-order valence-electron chi connectivity index (χ1n) is 20.9. The van der Waals surface area contributed by atoms with E-state index in [1.54, 1.807) is 41.0 Å². The van der Waals surface area contributed by atoms with Crippen molar-refractivity contribution in [1.82, 2.24) is 24.9 Å². The van der Waals surface area contributed by atoms with Crippen molar-refractivity contribution in [2.75, 3.05) is 63.7 Å². The second kappa shape index (κ2) is 22.3. The summed E-state index contributed by atoms with van der Waals surface area (Å²) in [6.07, 6.45) is 8.15. The minimum atomic E-state index is -0.556. The van der Waals surface area contributed by atoms with Crippen LogP contribution in [0.2, 0.25) is 0 Å². The Bertz CT molecular complexity index is 2310. The molecular formula is C47H56F2N8O5. The second-order valence-corrected chi connectivity index (χ2v) is 14.4. The van der Waals surface area contributed by atoms with Crippen molar-refractivity contribution >= 4 is 17.8 Å². The van der Waals surface area contributed by atoms with Crippen LogP contribution in [0, 0.1) is 17.6 Å². The average Bonchev–Trinajstić information content (AvgIpc) is 3.82. The fourth-order valence-corrected chi connectivity index (χ4v) is 7.06. The minimum absolute atomic E-state index is 0.0790. The molecule has 0 spiro atoms. The van der Waals surface area contributed by atoms with Gasteiger partial charge in [-0.05, 0) is 90.9 Å². The largest absolute Gasteiger partial charge is 0.497 e. The Morgan fingerprint density at radius 2 is 1.50 bits per heavy atom. The van der Waals surface area contributed by atoms with E-state index >= 15 is 0 Å². The molecule has 0 saturated heterocycles. The summed E-state index contributed by atoms with van der Waals surface area (Å²) in [6, 6.07) is 22.4. The smallest absolute Gasteiger partial charge is 0.232 e. The molecule has 1 saturated carbocycles. The molecule has 1 aliphatic rings. The summed E-state index contributed by atoms with van der Waals surface area (Å²) in [5, 5.41) is 6.46. The number of benzene rings is 4. The molecule has 15 heteroatoms. The number of anilines is 3. The number of halogens is 2. The summed E-state index contributed by atoms with van der Waals surface area (Å²) < 4.78 is 58.1. The number of rotatable bonds is 21. The molecule has 1 fully saturated rings. The predicted molar refractivity (Wildman–Crippen MR) is 237 cm³/mol. The lowest BCUT2D eigenvalue weighted by Crippen LogP contribution is -2.34. The first-order valence-corrected chi connectivity index (χ1v) is 20.9. The van der Waals surface area contributed by atoms with Gasteiger partial charge >= 0.3 is 0 Å². The third-order valence-corrected chi connectivity index (χ3v) is 10.6. The van der Waals surface area contributed by atoms with Gasteiger partial charge in [-0.25, -0.2) is 13.8 Å². The van der Waals surface area contributed by atoms with Gasteiger partial charge in [0, 0.05) is 55.1 Å². The van der Waals surface area contributed by atoms with Gasteiger partial charge in [-0.2, -0.15) is 15.0 Å². The first kappa shape index (κ1) is 44.9. The molecule has 0 bridgehead atoms. The number of aromatic amines is 1. The highest BCUT2D eigenvalue weighted by atomic mass is 19.1. The Morgan fingerprint density at radius 3 is 2.18 bits per heavy atom. The minimum Gasteiger partial charge on any atom is -0.497 e. The zero-order chi connectivity index (χ0) is 43.8. The molecule has 62 heavy (non-hydrogen) atoms. The number of imidazole rings is 1. The molecule has 6 aromatic rings. The van der Waals surface area contributed by atoms with Gasteiger partial charge in [0.1, 0.15) is 28.9 Å². The molecule has 1 aliphatic carbocycles. The van der Waals surface area contributed by atoms with E-state index in [1.807, 2.05) is 74.5 Å². The van der Waals surface area contributed by atoms with Crippen molar-refractivity contribution in [1.29, 1.82) is 0 Å². The van der Waals surface area contributed by atoms with E-state index in [1.165, 1.54) is 19.3 Å². The van der Waals surface area contributed by atoms with Gasteiger partial charge in [0.2, 0.25) is 17.8 Å². The molecule has 4 aromatic carbocycles. The monoisotopic (exact) mass is 850 g/mol. The van der Waals surface area contributed by atoms with Crippen molar-refractivity contribution in [3.05, 3.63) is 131 Å². The Labute approximate surface area is 362 Å². The summed E-state index contributed by atoms with van der Waals surface area (Å²) >= 11 is 0. The maximum atomic E-state index is 14.8. The van der Waals surface area contributed by atoms with Gasteiger partial charge in [-0.3, -0.25) is 0 Å². The summed E-state index contributed by atoms with van der Waals surface area (Å²) in [5.41, 5.74) is 3.76. The number of hydrogen-bond donors (Lipinski definition) is 3. The standard InChI is InChI=1S/C45H50F2N8O5.C2H6/c1-56-36-14-15-37(40(24-36)58-3)42(31-9-12-35(13-10-31)60-27-30-6-5-7-30)55(21-19-29-8-17-39(57-2)41(22-29)59-4)45-53-43(49-20-18-34-26-48-28-51-34)52-44(54-45)50-25-32-23-33(46)11-16-38(32)47;1-2/h8-17,22-24,26,28,30,42H,5-7,18-21,25,27H2,1-4H3,(H,48,51)(H2,49,50,52,53,54);1-2H3. The van der Waals surface area contributed by atoms with Crippen LogP contribution in [0.4, 0.5) is 26.6 Å². The van der Waals surface area contributed by atoms with Crippen LogP contribution in [0.25, 0.3) is 0 Å². The molecule has 7 rings (SSSR count). The number of ether oxygens (including phenoxy) is 5. The van der Waals surface area contributed by atoms with E-state index in [2.05, 4.69) is 30.5 Å². The Hall–Kier alpha value is -6.64. The molecule has 0 radical (unpaired) electrons. The fraction of sp³-hybridized carbons (Fsp3) is 0.362. The highest BCUT2D eigenvalue weighted by Crippen LogP contribution is 2.40. The molecule has 3 N–H and O–H groups in total. The average molecular weight is 851 g/mol. The zero-order valence-electron chi connectivity index (χ0n) is 36.2. The highest BCUT2D eigenvalue weighted by Gasteiger charge is 2.30. The number of hydrogen-bond acceptors (Lipinski definition) is 12. The maximum Gasteiger partial charge on any atom is 0.232 e. The van der Waals surface area contributed by atoms with E-state index < -0.39 is 17.7 Å². The molecule has 328 valence electrons. The van der Waals surface area contributed by atoms with Crippen LogP contribution in [-0.4, -0.2) is 73.1 Å². The summed E-state index contributed by atoms with van der Waals surface area (Å²) in [4.78, 5) is 24.0. The van der Waals surface area contributed by atoms with Gasteiger partial charge in [0.15, 0.2) is 11.5 Å². The van der Waals surface area contributed by atoms with Gasteiger partial charge in [0.05, 0.1) is 47.4 Å². The zero-order valence-corrected chi connectivity index (χ0v) is 36.2. The van der Waals surface area contributed by atoms with Crippen molar-refractivity contribution in [2.45, 2.75) is 58.5 Å². The molecule has 0 aliphatic heterocycles. The number of nitrogens with zero attached hydrogens (tertiary/aromatic N) is 5. The first-order chi connectivity index (χ1) is 30.3. The molecule has 2 aromatic heterocycles. The summed E-state index contributed by atoms with van der Waals surface area (Å²) in [7, 11) is 6.44. The van der Waals surface area contributed by atoms with Crippen LogP contribution in [0.3, 0.4) is 0 Å². The van der Waals surface area contributed by atoms with Crippen LogP contribution >= 0.6 is 0 Å². The summed E-state index contributed by atoms with van der Waals surface area (Å²) in [6.45, 7) is 5.46. The molecule has 0 amide bonds. The lowest BCUT2D eigenvalue weighted by molar-refractivity contribution is 0.180. The number of H-pyrrole nitrogens is 1. The second-order valence-electron chi connectivity index (χ2n) is 14.4. The number of aromatic nitrogens is 5. The quantitative estimate of drug-likeness (QED) is 0.0636. The molecular weight excluding hydrogens is 795 g/mol. The Kier molecular flexibility index (Phi) is 16.1. The van der Waals surface area contributed by atoms with Crippen LogP contribution in [0.15, 0.2) is 91.4 Å². The Morgan fingerprint density at radius 1 is 0.758 bits per heavy atom. The van der Waals surface area contributed by atoms with Crippen LogP contribution < -0.4 is 39.2 Å². The van der Waals surface area contributed by atoms with Crippen LogP contribution in [-0.2, 0) is 19.4 Å². The van der Waals surface area contributed by atoms with Gasteiger partial charge in [-0.15, -0.1) is 0 Å². The van der Waals surface area contributed by atoms with E-state index in [0.29, 0.717) is 67.4 Å². The van der Waals surface area contributed by atoms with Crippen molar-refractivity contribution in [3.63, 3.8) is 0 Å². The SMILES string of the molecule is CC.COc1ccc(C(c2ccc(OCC3CCC3)cc2)N(CCc2ccc(OC)c(OC)c2)c2nc(NCCc3cnc[nH]3)nc(NCc3cc(F)ccc3F)n2)c(OC)c1. The lowest BCUT2D eigenvalue weighted by Gasteiger charge is -2.34. The van der Waals surface area contributed by atoms with Gasteiger partial charge in [0.25, 0.3) is 0 Å². The van der Waals surface area contributed by atoms with Crippen molar-refractivity contribution < 1.29 is 32.5 Å².